The maximum absolute atomic E-state index is 11.0. The van der Waals surface area contributed by atoms with Crippen LogP contribution in [-0.2, 0) is 0 Å². The van der Waals surface area contributed by atoms with Crippen molar-refractivity contribution < 1.29 is 5.11 Å². The van der Waals surface area contributed by atoms with Crippen molar-refractivity contribution in [2.45, 2.75) is 44.4 Å². The number of aromatic nitrogens is 4. The molecule has 164 valence electrons. The highest BCUT2D eigenvalue weighted by Crippen LogP contribution is 2.52. The summed E-state index contributed by atoms with van der Waals surface area (Å²) in [4.78, 5) is 13.1. The molecule has 2 fully saturated rings. The number of fused-ring (bicyclic) bond motifs is 2. The molecule has 32 heavy (non-hydrogen) atoms. The van der Waals surface area contributed by atoms with Gasteiger partial charge in [0.15, 0.2) is 0 Å². The summed E-state index contributed by atoms with van der Waals surface area (Å²) in [5, 5.41) is 16.7. The molecule has 2 aliphatic rings. The number of hydrogen-bond donors (Lipinski definition) is 4. The summed E-state index contributed by atoms with van der Waals surface area (Å²) in [5.41, 5.74) is 16.0. The molecule has 4 atom stereocenters. The van der Waals surface area contributed by atoms with Crippen molar-refractivity contribution in [1.82, 2.24) is 24.8 Å². The number of nitrogens with one attached hydrogen (secondary N) is 1. The van der Waals surface area contributed by atoms with Gasteiger partial charge in [-0.1, -0.05) is 12.1 Å². The van der Waals surface area contributed by atoms with E-state index in [0.717, 1.165) is 53.3 Å². The smallest absolute Gasteiger partial charge is 0.145 e. The monoisotopic (exact) mass is 429 g/mol. The lowest BCUT2D eigenvalue weighted by Crippen LogP contribution is -2.21. The van der Waals surface area contributed by atoms with E-state index in [2.05, 4.69) is 49.1 Å². The molecule has 1 spiro atoms. The van der Waals surface area contributed by atoms with Gasteiger partial charge >= 0.3 is 0 Å². The normalized spacial score (nSPS) is 27.8. The zero-order valence-corrected chi connectivity index (χ0v) is 18.0. The third-order valence-electron chi connectivity index (χ3n) is 7.46. The van der Waals surface area contributed by atoms with E-state index in [1.54, 1.807) is 0 Å². The standard InChI is InChI=1S/C24H27N7O/c1-13-6-14-2-3-15(7-17(14)30-21(13)25)18-8-24(11-27-18)9-19(20(32)10-24)31-5-4-16-22(26)28-12-29-23(16)31/h2-7,12,18-20,27,32H,8-11H2,1H3,(H2,25,30)(H2,26,28,29)/t18-,19-,20-,24-/m1/s1. The number of benzene rings is 1. The molecule has 8 heteroatoms. The molecule has 4 heterocycles. The van der Waals surface area contributed by atoms with Crippen LogP contribution in [0.3, 0.4) is 0 Å². The molecule has 6 N–H and O–H groups in total. The Morgan fingerprint density at radius 1 is 1.09 bits per heavy atom. The Morgan fingerprint density at radius 2 is 1.97 bits per heavy atom. The fourth-order valence-corrected chi connectivity index (χ4v) is 5.77. The molecule has 0 unspecified atom stereocenters. The summed E-state index contributed by atoms with van der Waals surface area (Å²) in [7, 11) is 0. The largest absolute Gasteiger partial charge is 0.391 e. The fourth-order valence-electron chi connectivity index (χ4n) is 5.77. The summed E-state index contributed by atoms with van der Waals surface area (Å²) in [6.07, 6.45) is 5.67. The first-order valence-electron chi connectivity index (χ1n) is 11.1. The van der Waals surface area contributed by atoms with Gasteiger partial charge in [-0.15, -0.1) is 0 Å². The molecule has 0 amide bonds. The first kappa shape index (κ1) is 19.5. The molecule has 1 saturated heterocycles. The zero-order valence-electron chi connectivity index (χ0n) is 18.0. The number of nitrogens with zero attached hydrogens (tertiary/aromatic N) is 4. The third kappa shape index (κ3) is 2.94. The van der Waals surface area contributed by atoms with Crippen LogP contribution in [0.25, 0.3) is 21.9 Å². The van der Waals surface area contributed by atoms with Crippen molar-refractivity contribution in [2.75, 3.05) is 18.0 Å². The van der Waals surface area contributed by atoms with Gasteiger partial charge in [0, 0.05) is 24.2 Å². The molecule has 3 aromatic heterocycles. The lowest BCUT2D eigenvalue weighted by atomic mass is 9.82. The van der Waals surface area contributed by atoms with Crippen molar-refractivity contribution >= 4 is 33.6 Å². The molecule has 1 aliphatic carbocycles. The highest BCUT2D eigenvalue weighted by Gasteiger charge is 2.49. The average molecular weight is 430 g/mol. The minimum Gasteiger partial charge on any atom is -0.391 e. The second-order valence-electron chi connectivity index (χ2n) is 9.54. The number of aliphatic hydroxyl groups is 1. The molecule has 4 aromatic rings. The number of anilines is 2. The number of rotatable bonds is 2. The lowest BCUT2D eigenvalue weighted by Gasteiger charge is -2.22. The molecule has 0 bridgehead atoms. The predicted molar refractivity (Wildman–Crippen MR) is 125 cm³/mol. The summed E-state index contributed by atoms with van der Waals surface area (Å²) >= 11 is 0. The van der Waals surface area contributed by atoms with Crippen LogP contribution in [0.5, 0.6) is 0 Å². The Labute approximate surface area is 185 Å². The molecular formula is C24H27N7O. The molecular weight excluding hydrogens is 402 g/mol. The lowest BCUT2D eigenvalue weighted by molar-refractivity contribution is 0.131. The number of nitrogen functional groups attached to an aromatic ring is 2. The number of hydrogen-bond acceptors (Lipinski definition) is 7. The topological polar surface area (TPSA) is 128 Å². The van der Waals surface area contributed by atoms with Gasteiger partial charge < -0.3 is 26.5 Å². The van der Waals surface area contributed by atoms with Crippen LogP contribution in [0.15, 0.2) is 42.9 Å². The first-order valence-corrected chi connectivity index (χ1v) is 11.1. The molecule has 1 aliphatic heterocycles. The van der Waals surface area contributed by atoms with Gasteiger partial charge in [0.25, 0.3) is 0 Å². The van der Waals surface area contributed by atoms with Crippen LogP contribution in [0, 0.1) is 12.3 Å². The van der Waals surface area contributed by atoms with Gasteiger partial charge in [0.1, 0.15) is 23.6 Å². The Morgan fingerprint density at radius 3 is 2.84 bits per heavy atom. The summed E-state index contributed by atoms with van der Waals surface area (Å²) in [6.45, 7) is 2.86. The summed E-state index contributed by atoms with van der Waals surface area (Å²) < 4.78 is 2.07. The van der Waals surface area contributed by atoms with Crippen LogP contribution >= 0.6 is 0 Å². The second-order valence-corrected chi connectivity index (χ2v) is 9.54. The number of pyridine rings is 1. The molecule has 0 radical (unpaired) electrons. The maximum Gasteiger partial charge on any atom is 0.145 e. The predicted octanol–water partition coefficient (Wildman–Crippen LogP) is 2.87. The van der Waals surface area contributed by atoms with Crippen LogP contribution in [-0.4, -0.2) is 37.3 Å². The van der Waals surface area contributed by atoms with Crippen molar-refractivity contribution in [3.8, 4) is 0 Å². The SMILES string of the molecule is Cc1cc2ccc([C@H]3C[C@]4(CN3)C[C@@H](O)[C@H](n3ccc5c(N)ncnc53)C4)cc2nc1N. The van der Waals surface area contributed by atoms with Gasteiger partial charge in [-0.2, -0.15) is 0 Å². The molecule has 1 aromatic carbocycles. The van der Waals surface area contributed by atoms with Crippen molar-refractivity contribution in [3.05, 3.63) is 54.0 Å². The first-order chi connectivity index (χ1) is 15.4. The van der Waals surface area contributed by atoms with Gasteiger partial charge in [0.2, 0.25) is 0 Å². The molecule has 1 saturated carbocycles. The minimum atomic E-state index is -0.427. The minimum absolute atomic E-state index is 0.0246. The van der Waals surface area contributed by atoms with Gasteiger partial charge in [-0.05, 0) is 60.9 Å². The number of aliphatic hydroxyl groups excluding tert-OH is 1. The van der Waals surface area contributed by atoms with E-state index in [9.17, 15) is 5.11 Å². The van der Waals surface area contributed by atoms with E-state index in [1.165, 1.54) is 11.9 Å². The van der Waals surface area contributed by atoms with Gasteiger partial charge in [-0.25, -0.2) is 15.0 Å². The zero-order chi connectivity index (χ0) is 22.0. The van der Waals surface area contributed by atoms with E-state index in [0.29, 0.717) is 11.6 Å². The van der Waals surface area contributed by atoms with E-state index < -0.39 is 6.10 Å². The van der Waals surface area contributed by atoms with Crippen molar-refractivity contribution in [1.29, 1.82) is 0 Å². The van der Waals surface area contributed by atoms with Crippen LogP contribution in [0.1, 0.15) is 42.5 Å². The molecule has 8 nitrogen and oxygen atoms in total. The van der Waals surface area contributed by atoms with Crippen LogP contribution in [0.2, 0.25) is 0 Å². The van der Waals surface area contributed by atoms with E-state index in [1.807, 2.05) is 19.2 Å². The quantitative estimate of drug-likeness (QED) is 0.386. The Kier molecular flexibility index (Phi) is 4.18. The fraction of sp³-hybridized carbons (Fsp3) is 0.375. The van der Waals surface area contributed by atoms with Crippen molar-refractivity contribution in [3.63, 3.8) is 0 Å². The van der Waals surface area contributed by atoms with E-state index in [4.69, 9.17) is 11.5 Å². The third-order valence-corrected chi connectivity index (χ3v) is 7.46. The summed E-state index contributed by atoms with van der Waals surface area (Å²) in [5.74, 6) is 1.05. The second kappa shape index (κ2) is 6.88. The van der Waals surface area contributed by atoms with Gasteiger partial charge in [0.05, 0.1) is 23.0 Å². The molecule has 6 rings (SSSR count). The van der Waals surface area contributed by atoms with Crippen molar-refractivity contribution in [2.24, 2.45) is 5.41 Å². The highest BCUT2D eigenvalue weighted by atomic mass is 16.3. The Hall–Kier alpha value is -3.23. The summed E-state index contributed by atoms with van der Waals surface area (Å²) in [6, 6.07) is 10.7. The van der Waals surface area contributed by atoms with Crippen LogP contribution in [0.4, 0.5) is 11.6 Å². The number of aryl methyl sites for hydroxylation is 1. The Bertz CT molecular complexity index is 1350. The van der Waals surface area contributed by atoms with E-state index >= 15 is 0 Å². The highest BCUT2D eigenvalue weighted by molar-refractivity contribution is 5.86. The Balaban J connectivity index is 1.27. The van der Waals surface area contributed by atoms with Crippen LogP contribution < -0.4 is 16.8 Å². The van der Waals surface area contributed by atoms with Gasteiger partial charge in [-0.3, -0.25) is 0 Å². The average Bonchev–Trinajstić information content (AvgIpc) is 3.46. The van der Waals surface area contributed by atoms with E-state index in [-0.39, 0.29) is 17.5 Å². The maximum atomic E-state index is 11.0. The number of nitrogens with two attached hydrogens (primary N) is 2.